The van der Waals surface area contributed by atoms with E-state index in [0.717, 1.165) is 30.4 Å². The molecule has 1 fully saturated rings. The van der Waals surface area contributed by atoms with E-state index in [1.165, 1.54) is 6.42 Å². The molecule has 0 aliphatic heterocycles. The number of para-hydroxylation sites is 1. The van der Waals surface area contributed by atoms with Crippen molar-refractivity contribution < 1.29 is 19.1 Å². The van der Waals surface area contributed by atoms with Crippen molar-refractivity contribution >= 4 is 11.9 Å². The SMILES string of the molecule is Cc1cccc(C)c1OCC(=O)OCC(=O)N[C@H]1CCCC[C@H]1C. The summed E-state index contributed by atoms with van der Waals surface area (Å²) in [7, 11) is 0. The third-order valence-electron chi connectivity index (χ3n) is 4.57. The Labute approximate surface area is 143 Å². The highest BCUT2D eigenvalue weighted by atomic mass is 16.6. The molecule has 24 heavy (non-hydrogen) atoms. The molecule has 1 amide bonds. The fourth-order valence-corrected chi connectivity index (χ4v) is 3.12. The normalized spacial score (nSPS) is 20.3. The maximum Gasteiger partial charge on any atom is 0.344 e. The predicted molar refractivity (Wildman–Crippen MR) is 91.9 cm³/mol. The Balaban J connectivity index is 1.72. The highest BCUT2D eigenvalue weighted by Gasteiger charge is 2.23. The van der Waals surface area contributed by atoms with Crippen molar-refractivity contribution in [2.75, 3.05) is 13.2 Å². The van der Waals surface area contributed by atoms with E-state index in [1.54, 1.807) is 0 Å². The first-order chi connectivity index (χ1) is 11.5. The molecule has 5 nitrogen and oxygen atoms in total. The van der Waals surface area contributed by atoms with Crippen molar-refractivity contribution in [3.8, 4) is 5.75 Å². The van der Waals surface area contributed by atoms with Gasteiger partial charge in [-0.2, -0.15) is 0 Å². The van der Waals surface area contributed by atoms with Gasteiger partial charge in [-0.05, 0) is 43.7 Å². The number of hydrogen-bond donors (Lipinski definition) is 1. The number of carbonyl (C=O) groups excluding carboxylic acids is 2. The molecule has 0 unspecified atom stereocenters. The van der Waals surface area contributed by atoms with Gasteiger partial charge in [-0.3, -0.25) is 4.79 Å². The van der Waals surface area contributed by atoms with Crippen molar-refractivity contribution in [3.63, 3.8) is 0 Å². The number of esters is 1. The standard InChI is InChI=1S/C19H27NO4/c1-13-7-4-5-10-16(13)20-17(21)11-23-18(22)12-24-19-14(2)8-6-9-15(19)3/h6,8-9,13,16H,4-5,7,10-12H2,1-3H3,(H,20,21)/t13-,16+/m1/s1. The van der Waals surface area contributed by atoms with E-state index < -0.39 is 5.97 Å². The number of aryl methyl sites for hydroxylation is 2. The van der Waals surface area contributed by atoms with E-state index in [-0.39, 0.29) is 25.2 Å². The lowest BCUT2D eigenvalue weighted by atomic mass is 9.86. The van der Waals surface area contributed by atoms with E-state index in [1.807, 2.05) is 32.0 Å². The Kier molecular flexibility index (Phi) is 6.64. The number of rotatable bonds is 6. The molecule has 1 aliphatic carbocycles. The van der Waals surface area contributed by atoms with Gasteiger partial charge in [0.1, 0.15) is 5.75 Å². The molecule has 0 saturated heterocycles. The first kappa shape index (κ1) is 18.3. The second kappa shape index (κ2) is 8.71. The van der Waals surface area contributed by atoms with Crippen LogP contribution in [0.4, 0.5) is 0 Å². The van der Waals surface area contributed by atoms with Crippen LogP contribution in [0.25, 0.3) is 0 Å². The molecule has 0 bridgehead atoms. The lowest BCUT2D eigenvalue weighted by molar-refractivity contribution is -0.150. The number of ether oxygens (including phenoxy) is 2. The molecule has 2 atom stereocenters. The molecule has 5 heteroatoms. The van der Waals surface area contributed by atoms with E-state index in [4.69, 9.17) is 9.47 Å². The molecule has 0 radical (unpaired) electrons. The Hall–Kier alpha value is -2.04. The topological polar surface area (TPSA) is 64.6 Å². The minimum atomic E-state index is -0.538. The van der Waals surface area contributed by atoms with Crippen molar-refractivity contribution in [1.82, 2.24) is 5.32 Å². The fourth-order valence-electron chi connectivity index (χ4n) is 3.12. The van der Waals surface area contributed by atoms with Crippen LogP contribution in [-0.2, 0) is 14.3 Å². The molecule has 132 valence electrons. The third kappa shape index (κ3) is 5.25. The molecule has 1 aromatic rings. The number of benzene rings is 1. The molecule has 0 heterocycles. The lowest BCUT2D eigenvalue weighted by Crippen LogP contribution is -2.43. The largest absolute Gasteiger partial charge is 0.481 e. The van der Waals surface area contributed by atoms with E-state index in [2.05, 4.69) is 12.2 Å². The summed E-state index contributed by atoms with van der Waals surface area (Å²) in [5.74, 6) is 0.388. The third-order valence-corrected chi connectivity index (χ3v) is 4.57. The first-order valence-electron chi connectivity index (χ1n) is 8.61. The van der Waals surface area contributed by atoms with Gasteiger partial charge in [-0.25, -0.2) is 4.79 Å². The fraction of sp³-hybridized carbons (Fsp3) is 0.579. The van der Waals surface area contributed by atoms with Gasteiger partial charge in [0.25, 0.3) is 5.91 Å². The van der Waals surface area contributed by atoms with Crippen LogP contribution in [0.1, 0.15) is 43.7 Å². The molecule has 1 aromatic carbocycles. The molecular formula is C19H27NO4. The predicted octanol–water partition coefficient (Wildman–Crippen LogP) is 2.92. The zero-order valence-electron chi connectivity index (χ0n) is 14.8. The maximum atomic E-state index is 11.9. The van der Waals surface area contributed by atoms with Crippen molar-refractivity contribution in [2.45, 2.75) is 52.5 Å². The highest BCUT2D eigenvalue weighted by Crippen LogP contribution is 2.24. The Morgan fingerprint density at radius 2 is 1.79 bits per heavy atom. The first-order valence-corrected chi connectivity index (χ1v) is 8.61. The molecule has 0 spiro atoms. The average molecular weight is 333 g/mol. The summed E-state index contributed by atoms with van der Waals surface area (Å²) in [6.45, 7) is 5.55. The summed E-state index contributed by atoms with van der Waals surface area (Å²) in [6, 6.07) is 5.97. The van der Waals surface area contributed by atoms with Crippen LogP contribution in [0.5, 0.6) is 5.75 Å². The summed E-state index contributed by atoms with van der Waals surface area (Å²) in [5.41, 5.74) is 1.93. The van der Waals surface area contributed by atoms with Crippen LogP contribution in [0.15, 0.2) is 18.2 Å². The zero-order chi connectivity index (χ0) is 17.5. The maximum absolute atomic E-state index is 11.9. The smallest absolute Gasteiger partial charge is 0.344 e. The van der Waals surface area contributed by atoms with E-state index >= 15 is 0 Å². The summed E-state index contributed by atoms with van der Waals surface area (Å²) in [5, 5.41) is 2.96. The van der Waals surface area contributed by atoms with Crippen molar-refractivity contribution in [2.24, 2.45) is 5.92 Å². The van der Waals surface area contributed by atoms with Gasteiger partial charge in [0.05, 0.1) is 0 Å². The number of carbonyl (C=O) groups is 2. The quantitative estimate of drug-likeness (QED) is 0.813. The Morgan fingerprint density at radius 3 is 2.46 bits per heavy atom. The lowest BCUT2D eigenvalue weighted by Gasteiger charge is -2.29. The molecule has 0 aromatic heterocycles. The summed E-state index contributed by atoms with van der Waals surface area (Å²) >= 11 is 0. The number of nitrogens with one attached hydrogen (secondary N) is 1. The molecule has 1 N–H and O–H groups in total. The number of hydrogen-bond acceptors (Lipinski definition) is 4. The van der Waals surface area contributed by atoms with Gasteiger partial charge >= 0.3 is 5.97 Å². The summed E-state index contributed by atoms with van der Waals surface area (Å²) in [6.07, 6.45) is 4.49. The van der Waals surface area contributed by atoms with E-state index in [0.29, 0.717) is 11.7 Å². The van der Waals surface area contributed by atoms with Gasteiger partial charge in [-0.15, -0.1) is 0 Å². The van der Waals surface area contributed by atoms with Crippen LogP contribution in [-0.4, -0.2) is 31.1 Å². The van der Waals surface area contributed by atoms with Crippen molar-refractivity contribution in [1.29, 1.82) is 0 Å². The minimum absolute atomic E-state index is 0.191. The summed E-state index contributed by atoms with van der Waals surface area (Å²) < 4.78 is 10.5. The average Bonchev–Trinajstić information content (AvgIpc) is 2.54. The van der Waals surface area contributed by atoms with Gasteiger partial charge in [0, 0.05) is 6.04 Å². The minimum Gasteiger partial charge on any atom is -0.481 e. The van der Waals surface area contributed by atoms with Crippen LogP contribution in [0.2, 0.25) is 0 Å². The number of amides is 1. The van der Waals surface area contributed by atoms with Gasteiger partial charge < -0.3 is 14.8 Å². The Bertz CT molecular complexity index is 564. The van der Waals surface area contributed by atoms with E-state index in [9.17, 15) is 9.59 Å². The van der Waals surface area contributed by atoms with Gasteiger partial charge in [-0.1, -0.05) is 38.0 Å². The summed E-state index contributed by atoms with van der Waals surface area (Å²) in [4.78, 5) is 23.7. The molecule has 1 aliphatic rings. The second-order valence-corrected chi connectivity index (χ2v) is 6.61. The Morgan fingerprint density at radius 1 is 1.12 bits per heavy atom. The van der Waals surface area contributed by atoms with Crippen LogP contribution < -0.4 is 10.1 Å². The molecule has 2 rings (SSSR count). The monoisotopic (exact) mass is 333 g/mol. The zero-order valence-corrected chi connectivity index (χ0v) is 14.8. The van der Waals surface area contributed by atoms with Gasteiger partial charge in [0.2, 0.25) is 0 Å². The van der Waals surface area contributed by atoms with Crippen molar-refractivity contribution in [3.05, 3.63) is 29.3 Å². The van der Waals surface area contributed by atoms with Crippen LogP contribution >= 0.6 is 0 Å². The van der Waals surface area contributed by atoms with Gasteiger partial charge in [0.15, 0.2) is 13.2 Å². The second-order valence-electron chi connectivity index (χ2n) is 6.61. The van der Waals surface area contributed by atoms with Crippen LogP contribution in [0, 0.1) is 19.8 Å². The van der Waals surface area contributed by atoms with Crippen LogP contribution in [0.3, 0.4) is 0 Å². The molecule has 1 saturated carbocycles. The highest BCUT2D eigenvalue weighted by molar-refractivity contribution is 5.81. The molecular weight excluding hydrogens is 306 g/mol.